The van der Waals surface area contributed by atoms with Crippen molar-refractivity contribution >= 4 is 6.03 Å². The predicted octanol–water partition coefficient (Wildman–Crippen LogP) is 2.40. The minimum atomic E-state index is -0.111. The highest BCUT2D eigenvalue weighted by atomic mass is 16.5. The Morgan fingerprint density at radius 2 is 1.87 bits per heavy atom. The van der Waals surface area contributed by atoms with Gasteiger partial charge in [0, 0.05) is 24.1 Å². The van der Waals surface area contributed by atoms with Gasteiger partial charge in [-0.3, -0.25) is 0 Å². The number of fused-ring (bicyclic) bond motifs is 1. The molecular weight excluding hydrogens is 378 g/mol. The van der Waals surface area contributed by atoms with Gasteiger partial charge < -0.3 is 25.0 Å². The highest BCUT2D eigenvalue weighted by Crippen LogP contribution is 2.34. The van der Waals surface area contributed by atoms with E-state index in [4.69, 9.17) is 9.47 Å². The Hall–Kier alpha value is -2.73. The first kappa shape index (κ1) is 22.0. The van der Waals surface area contributed by atoms with E-state index in [0.717, 1.165) is 37.4 Å². The van der Waals surface area contributed by atoms with Gasteiger partial charge in [0.1, 0.15) is 12.6 Å². The molecule has 3 N–H and O–H groups in total. The van der Waals surface area contributed by atoms with Gasteiger partial charge >= 0.3 is 6.03 Å². The summed E-state index contributed by atoms with van der Waals surface area (Å²) in [6, 6.07) is 12.7. The summed E-state index contributed by atoms with van der Waals surface area (Å²) in [5.74, 6) is 1.49. The first-order valence-corrected chi connectivity index (χ1v) is 10.7. The third kappa shape index (κ3) is 5.05. The van der Waals surface area contributed by atoms with Crippen LogP contribution in [-0.4, -0.2) is 39.9 Å². The van der Waals surface area contributed by atoms with Crippen molar-refractivity contribution in [2.45, 2.75) is 39.3 Å². The van der Waals surface area contributed by atoms with Gasteiger partial charge in [-0.25, -0.2) is 4.79 Å². The van der Waals surface area contributed by atoms with Crippen LogP contribution in [0.15, 0.2) is 36.4 Å². The molecule has 0 fully saturated rings. The maximum atomic E-state index is 12.2. The van der Waals surface area contributed by atoms with E-state index >= 15 is 0 Å². The number of hydrogen-bond donors (Lipinski definition) is 3. The van der Waals surface area contributed by atoms with Crippen molar-refractivity contribution in [1.82, 2.24) is 10.6 Å². The summed E-state index contributed by atoms with van der Waals surface area (Å²) in [5, 5.41) is 5.99. The number of aryl methyl sites for hydroxylation is 1. The minimum absolute atomic E-state index is 0.111. The molecule has 2 atom stereocenters. The quantitative estimate of drug-likeness (QED) is 0.624. The number of ether oxygens (including phenoxy) is 2. The Morgan fingerprint density at radius 1 is 1.13 bits per heavy atom. The zero-order valence-corrected chi connectivity index (χ0v) is 18.5. The van der Waals surface area contributed by atoms with Crippen LogP contribution in [0, 0.1) is 6.92 Å². The van der Waals surface area contributed by atoms with Gasteiger partial charge in [0.05, 0.1) is 27.3 Å². The van der Waals surface area contributed by atoms with E-state index in [-0.39, 0.29) is 12.1 Å². The van der Waals surface area contributed by atoms with Crippen LogP contribution in [0.1, 0.15) is 41.6 Å². The van der Waals surface area contributed by atoms with Gasteiger partial charge in [0.25, 0.3) is 0 Å². The monoisotopic (exact) mass is 412 g/mol. The number of benzene rings is 2. The van der Waals surface area contributed by atoms with Gasteiger partial charge in [-0.15, -0.1) is 0 Å². The van der Waals surface area contributed by atoms with Crippen molar-refractivity contribution in [2.75, 3.05) is 33.9 Å². The zero-order valence-electron chi connectivity index (χ0n) is 18.5. The molecule has 2 amide bonds. The topological polar surface area (TPSA) is 64.0 Å². The molecule has 2 aromatic carbocycles. The molecule has 0 aliphatic carbocycles. The molecule has 6 nitrogen and oxygen atoms in total. The average Bonchev–Trinajstić information content (AvgIpc) is 2.77. The Kier molecular flexibility index (Phi) is 7.57. The molecule has 0 spiro atoms. The highest BCUT2D eigenvalue weighted by Gasteiger charge is 2.33. The lowest BCUT2D eigenvalue weighted by atomic mass is 9.91. The van der Waals surface area contributed by atoms with Crippen molar-refractivity contribution in [1.29, 1.82) is 0 Å². The van der Waals surface area contributed by atoms with Crippen molar-refractivity contribution in [3.8, 4) is 11.5 Å². The van der Waals surface area contributed by atoms with Crippen LogP contribution in [0.25, 0.3) is 0 Å². The summed E-state index contributed by atoms with van der Waals surface area (Å²) in [6.45, 7) is 7.37. The smallest absolute Gasteiger partial charge is 0.315 e. The summed E-state index contributed by atoms with van der Waals surface area (Å²) < 4.78 is 11.1. The highest BCUT2D eigenvalue weighted by molar-refractivity contribution is 5.73. The Labute approximate surface area is 179 Å². The molecule has 1 aliphatic rings. The Balaban J connectivity index is 1.89. The normalized spacial score (nSPS) is 17.7. The van der Waals surface area contributed by atoms with Crippen LogP contribution in [0.5, 0.6) is 11.5 Å². The number of nitrogens with one attached hydrogen (secondary N) is 3. The fourth-order valence-corrected chi connectivity index (χ4v) is 4.18. The molecule has 0 radical (unpaired) electrons. The molecule has 1 heterocycles. The molecule has 0 bridgehead atoms. The van der Waals surface area contributed by atoms with E-state index in [0.29, 0.717) is 13.1 Å². The van der Waals surface area contributed by atoms with Crippen molar-refractivity contribution in [2.24, 2.45) is 0 Å². The second-order valence-electron chi connectivity index (χ2n) is 7.86. The number of carbonyl (C=O) groups excluding carboxylic acids is 1. The third-order valence-electron chi connectivity index (χ3n) is 5.91. The van der Waals surface area contributed by atoms with Gasteiger partial charge in [0.15, 0.2) is 11.5 Å². The van der Waals surface area contributed by atoms with Crippen LogP contribution in [0.4, 0.5) is 4.79 Å². The first-order valence-electron chi connectivity index (χ1n) is 10.7. The molecule has 6 heteroatoms. The van der Waals surface area contributed by atoms with E-state index in [2.05, 4.69) is 54.0 Å². The number of methoxy groups -OCH3 is 2. The van der Waals surface area contributed by atoms with Gasteiger partial charge in [0.2, 0.25) is 0 Å². The van der Waals surface area contributed by atoms with Crippen LogP contribution >= 0.6 is 0 Å². The van der Waals surface area contributed by atoms with E-state index in [1.807, 2.05) is 6.92 Å². The SMILES string of the molecule is CCCNC(=O)NC[C@@H]1c2cc(OC)c(OC)cc2CC[NH+]1Cc1ccccc1C. The third-order valence-corrected chi connectivity index (χ3v) is 5.91. The summed E-state index contributed by atoms with van der Waals surface area (Å²) >= 11 is 0. The predicted molar refractivity (Wildman–Crippen MR) is 118 cm³/mol. The second kappa shape index (κ2) is 10.3. The molecule has 3 rings (SSSR count). The van der Waals surface area contributed by atoms with Gasteiger partial charge in [-0.2, -0.15) is 0 Å². The summed E-state index contributed by atoms with van der Waals surface area (Å²) in [7, 11) is 3.33. The Bertz CT molecular complexity index is 869. The van der Waals surface area contributed by atoms with Crippen LogP contribution in [0.3, 0.4) is 0 Å². The fourth-order valence-electron chi connectivity index (χ4n) is 4.18. The number of amides is 2. The lowest BCUT2D eigenvalue weighted by molar-refractivity contribution is -0.945. The number of carbonyl (C=O) groups is 1. The standard InChI is InChI=1S/C24H33N3O3/c1-5-11-25-24(28)26-15-21-20-14-23(30-4)22(29-3)13-18(20)10-12-27(21)16-19-9-7-6-8-17(19)2/h6-9,13-14,21H,5,10-12,15-16H2,1-4H3,(H2,25,26,28)/p+1/t21-/m1/s1. The molecule has 0 aromatic heterocycles. The van der Waals surface area contributed by atoms with Crippen molar-refractivity contribution in [3.05, 3.63) is 58.7 Å². The lowest BCUT2D eigenvalue weighted by Gasteiger charge is -2.35. The van der Waals surface area contributed by atoms with E-state index in [9.17, 15) is 4.79 Å². The van der Waals surface area contributed by atoms with Crippen LogP contribution in [-0.2, 0) is 13.0 Å². The van der Waals surface area contributed by atoms with Crippen molar-refractivity contribution in [3.63, 3.8) is 0 Å². The molecule has 30 heavy (non-hydrogen) atoms. The fraction of sp³-hybridized carbons (Fsp3) is 0.458. The maximum absolute atomic E-state index is 12.2. The van der Waals surface area contributed by atoms with Gasteiger partial charge in [-0.1, -0.05) is 31.2 Å². The minimum Gasteiger partial charge on any atom is -0.493 e. The number of urea groups is 1. The molecule has 162 valence electrons. The first-order chi connectivity index (χ1) is 14.6. The number of hydrogen-bond acceptors (Lipinski definition) is 3. The molecule has 0 saturated carbocycles. The summed E-state index contributed by atoms with van der Waals surface area (Å²) in [5.41, 5.74) is 5.13. The summed E-state index contributed by atoms with van der Waals surface area (Å²) in [4.78, 5) is 13.7. The van der Waals surface area contributed by atoms with Crippen molar-refractivity contribution < 1.29 is 19.2 Å². The lowest BCUT2D eigenvalue weighted by Crippen LogP contribution is -3.12. The number of quaternary nitrogens is 1. The summed E-state index contributed by atoms with van der Waals surface area (Å²) in [6.07, 6.45) is 1.89. The van der Waals surface area contributed by atoms with E-state index < -0.39 is 0 Å². The van der Waals surface area contributed by atoms with Gasteiger partial charge in [-0.05, 0) is 36.6 Å². The molecule has 2 aromatic rings. The van der Waals surface area contributed by atoms with Crippen LogP contribution in [0.2, 0.25) is 0 Å². The largest absolute Gasteiger partial charge is 0.493 e. The second-order valence-corrected chi connectivity index (χ2v) is 7.86. The van der Waals surface area contributed by atoms with E-state index in [1.54, 1.807) is 14.2 Å². The molecular formula is C24H34N3O3+. The molecule has 1 unspecified atom stereocenters. The Morgan fingerprint density at radius 3 is 2.57 bits per heavy atom. The van der Waals surface area contributed by atoms with Crippen LogP contribution < -0.4 is 25.0 Å². The number of rotatable bonds is 8. The van der Waals surface area contributed by atoms with E-state index in [1.165, 1.54) is 27.2 Å². The average molecular weight is 413 g/mol. The zero-order chi connectivity index (χ0) is 21.5. The molecule has 1 aliphatic heterocycles. The maximum Gasteiger partial charge on any atom is 0.315 e. The molecule has 0 saturated heterocycles.